The lowest BCUT2D eigenvalue weighted by Crippen LogP contribution is -2.60. The average molecular weight is 653 g/mol. The van der Waals surface area contributed by atoms with Crippen LogP contribution in [0.15, 0.2) is 54.1 Å². The Morgan fingerprint density at radius 2 is 1.77 bits per heavy atom. The Hall–Kier alpha value is -3.33. The Kier molecular flexibility index (Phi) is 10.8. The maximum atomic E-state index is 14.9. The molecule has 2 amide bonds. The number of aryl methyl sites for hydroxylation is 1. The maximum absolute atomic E-state index is 14.9. The van der Waals surface area contributed by atoms with E-state index >= 15 is 0 Å². The standard InChI is InChI=1S/C28H30F6N2O5S2/c1-3-20-12-13-22(42-20)21-16-26(28(32,33)34,36-25(38)24(21)35-23(37)17-43(39,40)4-2)18-8-10-19(11-9-18)41-15-7-5-6-14-27(29,30)31/h4,8-13H,2-3,5-7,14-17H2,1H3,(H,35,37)(H,36,38)/t26-/m0/s1. The minimum Gasteiger partial charge on any atom is -0.494 e. The van der Waals surface area contributed by atoms with E-state index in [1.807, 2.05) is 12.2 Å². The van der Waals surface area contributed by atoms with Crippen molar-refractivity contribution in [1.82, 2.24) is 10.6 Å². The van der Waals surface area contributed by atoms with Crippen LogP contribution in [0.5, 0.6) is 5.75 Å². The zero-order valence-corrected chi connectivity index (χ0v) is 24.7. The summed E-state index contributed by atoms with van der Waals surface area (Å²) in [6.45, 7) is 5.02. The van der Waals surface area contributed by atoms with Crippen LogP contribution in [0.1, 0.15) is 54.3 Å². The predicted octanol–water partition coefficient (Wildman–Crippen LogP) is 6.18. The number of thiophene rings is 1. The molecule has 0 bridgehead atoms. The molecule has 0 aliphatic carbocycles. The third-order valence-corrected chi connectivity index (χ3v) is 9.12. The Balaban J connectivity index is 1.91. The van der Waals surface area contributed by atoms with Crippen LogP contribution in [-0.4, -0.2) is 44.9 Å². The summed E-state index contributed by atoms with van der Waals surface area (Å²) in [5, 5.41) is 4.75. The van der Waals surface area contributed by atoms with E-state index in [9.17, 15) is 44.3 Å². The highest BCUT2D eigenvalue weighted by molar-refractivity contribution is 7.94. The second kappa shape index (κ2) is 13.5. The van der Waals surface area contributed by atoms with E-state index in [0.29, 0.717) is 23.1 Å². The number of benzene rings is 1. The lowest BCUT2D eigenvalue weighted by Gasteiger charge is -2.41. The molecule has 0 radical (unpaired) electrons. The molecular weight excluding hydrogens is 622 g/mol. The van der Waals surface area contributed by atoms with Gasteiger partial charge in [-0.25, -0.2) is 8.42 Å². The van der Waals surface area contributed by atoms with E-state index in [4.69, 9.17) is 4.74 Å². The lowest BCUT2D eigenvalue weighted by atomic mass is 9.79. The fourth-order valence-corrected chi connectivity index (χ4v) is 5.97. The fourth-order valence-electron chi connectivity index (χ4n) is 4.42. The molecule has 1 atom stereocenters. The first-order valence-corrected chi connectivity index (χ1v) is 15.7. The molecule has 7 nitrogen and oxygen atoms in total. The Bertz CT molecular complexity index is 1460. The largest absolute Gasteiger partial charge is 0.494 e. The molecule has 3 rings (SSSR count). The van der Waals surface area contributed by atoms with Gasteiger partial charge in [0.25, 0.3) is 5.91 Å². The first-order chi connectivity index (χ1) is 20.0. The van der Waals surface area contributed by atoms with Crippen LogP contribution in [-0.2, 0) is 31.4 Å². The van der Waals surface area contributed by atoms with Crippen LogP contribution in [0, 0.1) is 0 Å². The second-order valence-corrected chi connectivity index (χ2v) is 12.9. The smallest absolute Gasteiger partial charge is 0.416 e. The van der Waals surface area contributed by atoms with E-state index < -0.39 is 63.8 Å². The Morgan fingerprint density at radius 3 is 2.33 bits per heavy atom. The van der Waals surface area contributed by atoms with Gasteiger partial charge in [-0.2, -0.15) is 26.3 Å². The molecule has 0 unspecified atom stereocenters. The fraction of sp³-hybridized carbons (Fsp3) is 0.429. The third kappa shape index (κ3) is 8.85. The number of alkyl halides is 6. The molecule has 0 saturated heterocycles. The summed E-state index contributed by atoms with van der Waals surface area (Å²) in [5.41, 5.74) is -3.84. The second-order valence-electron chi connectivity index (χ2n) is 9.83. The molecule has 1 aromatic heterocycles. The number of hydrogen-bond donors (Lipinski definition) is 2. The molecule has 43 heavy (non-hydrogen) atoms. The number of amides is 2. The van der Waals surface area contributed by atoms with Crippen LogP contribution >= 0.6 is 11.3 Å². The van der Waals surface area contributed by atoms with Crippen molar-refractivity contribution in [2.24, 2.45) is 0 Å². The summed E-state index contributed by atoms with van der Waals surface area (Å²) in [6, 6.07) is 8.03. The molecule has 0 saturated carbocycles. The maximum Gasteiger partial charge on any atom is 0.416 e. The summed E-state index contributed by atoms with van der Waals surface area (Å²) in [5.74, 6) is -3.24. The minimum absolute atomic E-state index is 0.0635. The first-order valence-electron chi connectivity index (χ1n) is 13.2. The van der Waals surface area contributed by atoms with Crippen molar-refractivity contribution >= 4 is 38.6 Å². The van der Waals surface area contributed by atoms with Gasteiger partial charge in [0.2, 0.25) is 5.91 Å². The van der Waals surface area contributed by atoms with Gasteiger partial charge in [-0.15, -0.1) is 11.3 Å². The molecule has 0 spiro atoms. The van der Waals surface area contributed by atoms with E-state index in [1.165, 1.54) is 18.2 Å². The molecule has 1 aliphatic rings. The highest BCUT2D eigenvalue weighted by atomic mass is 32.2. The van der Waals surface area contributed by atoms with Crippen LogP contribution < -0.4 is 15.4 Å². The van der Waals surface area contributed by atoms with Gasteiger partial charge < -0.3 is 15.4 Å². The van der Waals surface area contributed by atoms with Gasteiger partial charge in [0.15, 0.2) is 15.4 Å². The molecule has 2 N–H and O–H groups in total. The summed E-state index contributed by atoms with van der Waals surface area (Å²) < 4.78 is 110. The van der Waals surface area contributed by atoms with E-state index in [1.54, 1.807) is 6.07 Å². The molecule has 15 heteroatoms. The van der Waals surface area contributed by atoms with Crippen LogP contribution in [0.4, 0.5) is 26.3 Å². The van der Waals surface area contributed by atoms with E-state index in [2.05, 4.69) is 11.9 Å². The minimum atomic E-state index is -5.01. The predicted molar refractivity (Wildman–Crippen MR) is 150 cm³/mol. The molecule has 1 aromatic carbocycles. The lowest BCUT2D eigenvalue weighted by molar-refractivity contribution is -0.201. The molecule has 1 aliphatic heterocycles. The molecule has 2 heterocycles. The molecule has 2 aromatic rings. The summed E-state index contributed by atoms with van der Waals surface area (Å²) in [7, 11) is -4.02. The first kappa shape index (κ1) is 34.2. The third-order valence-electron chi connectivity index (χ3n) is 6.66. The van der Waals surface area contributed by atoms with Gasteiger partial charge >= 0.3 is 12.4 Å². The monoisotopic (exact) mass is 652 g/mol. The zero-order valence-electron chi connectivity index (χ0n) is 23.0. The molecule has 236 valence electrons. The Morgan fingerprint density at radius 1 is 1.09 bits per heavy atom. The van der Waals surface area contributed by atoms with E-state index in [-0.39, 0.29) is 36.3 Å². The summed E-state index contributed by atoms with van der Waals surface area (Å²) in [4.78, 5) is 26.9. The number of nitrogens with one attached hydrogen (secondary N) is 2. The van der Waals surface area contributed by atoms with Gasteiger partial charge in [0, 0.05) is 33.6 Å². The number of carbonyl (C=O) groups is 2. The van der Waals surface area contributed by atoms with Crippen LogP contribution in [0.3, 0.4) is 0 Å². The molecule has 0 fully saturated rings. The number of rotatable bonds is 13. The number of unbranched alkanes of at least 4 members (excludes halogenated alkanes) is 2. The average Bonchev–Trinajstić information content (AvgIpc) is 3.40. The van der Waals surface area contributed by atoms with Crippen molar-refractivity contribution in [2.45, 2.75) is 63.3 Å². The van der Waals surface area contributed by atoms with Crippen molar-refractivity contribution in [3.05, 3.63) is 69.4 Å². The van der Waals surface area contributed by atoms with Crippen molar-refractivity contribution < 1.29 is 49.1 Å². The summed E-state index contributed by atoms with van der Waals surface area (Å²) >= 11 is 1.14. The van der Waals surface area contributed by atoms with Crippen LogP contribution in [0.2, 0.25) is 0 Å². The van der Waals surface area contributed by atoms with Crippen molar-refractivity contribution in [1.29, 1.82) is 0 Å². The normalized spacial score (nSPS) is 17.9. The number of carbonyl (C=O) groups excluding carboxylic acids is 2. The van der Waals surface area contributed by atoms with Gasteiger partial charge in [-0.3, -0.25) is 9.59 Å². The van der Waals surface area contributed by atoms with Crippen molar-refractivity contribution in [2.75, 3.05) is 12.4 Å². The van der Waals surface area contributed by atoms with Gasteiger partial charge in [0.05, 0.1) is 6.61 Å². The van der Waals surface area contributed by atoms with Gasteiger partial charge in [0.1, 0.15) is 17.2 Å². The highest BCUT2D eigenvalue weighted by Crippen LogP contribution is 2.49. The highest BCUT2D eigenvalue weighted by Gasteiger charge is 2.59. The quantitative estimate of drug-likeness (QED) is 0.199. The van der Waals surface area contributed by atoms with E-state index in [0.717, 1.165) is 28.3 Å². The number of halogens is 6. The van der Waals surface area contributed by atoms with Crippen molar-refractivity contribution in [3.8, 4) is 5.75 Å². The van der Waals surface area contributed by atoms with Crippen LogP contribution in [0.25, 0.3) is 5.57 Å². The summed E-state index contributed by atoms with van der Waals surface area (Å²) in [6.07, 6.45) is -9.89. The van der Waals surface area contributed by atoms with Gasteiger partial charge in [-0.1, -0.05) is 25.6 Å². The number of ether oxygens (including phenoxy) is 1. The number of sulfone groups is 1. The SMILES string of the molecule is C=CS(=O)(=O)CC(=O)NC1=C(c2ccc(CC)s2)C[C@](c2ccc(OCCCCCC(F)(F)F)cc2)(C(F)(F)F)NC1=O. The van der Waals surface area contributed by atoms with Crippen molar-refractivity contribution in [3.63, 3.8) is 0 Å². The molecular formula is C28H30F6N2O5S2. The Labute approximate surface area is 248 Å². The number of hydrogen-bond acceptors (Lipinski definition) is 6. The topological polar surface area (TPSA) is 102 Å². The van der Waals surface area contributed by atoms with Gasteiger partial charge in [-0.05, 0) is 55.5 Å². The zero-order chi connectivity index (χ0) is 32.1.